The van der Waals surface area contributed by atoms with Gasteiger partial charge in [-0.2, -0.15) is 0 Å². The Hall–Kier alpha value is -0.723. The largest absolute Gasteiger partial charge is 0.468 e. The first-order valence-electron chi connectivity index (χ1n) is 9.30. The maximum atomic E-state index is 12.8. The average molecular weight is 371 g/mol. The van der Waals surface area contributed by atoms with E-state index in [2.05, 4.69) is 33.9 Å². The zero-order chi connectivity index (χ0) is 19.0. The Labute approximate surface area is 152 Å². The first-order valence-corrected chi connectivity index (χ1v) is 12.2. The molecule has 0 radical (unpaired) electrons. The fourth-order valence-corrected chi connectivity index (χ4v) is 5.41. The topological polar surface area (TPSA) is 61.8 Å². The molecule has 0 spiro atoms. The second-order valence-electron chi connectivity index (χ2n) is 9.06. The summed E-state index contributed by atoms with van der Waals surface area (Å²) in [7, 11) is 1.08. The molecular weight excluding hydrogens is 336 g/mol. The van der Waals surface area contributed by atoms with E-state index in [0.717, 1.165) is 12.8 Å². The number of carbonyl (C=O) groups is 2. The number of ketones is 1. The third kappa shape index (κ3) is 3.33. The molecule has 6 heteroatoms. The van der Waals surface area contributed by atoms with Crippen molar-refractivity contribution in [3.8, 4) is 0 Å². The molecule has 0 aromatic carbocycles. The molecule has 0 heterocycles. The number of methoxy groups -OCH3 is 2. The van der Waals surface area contributed by atoms with Crippen LogP contribution in [0.15, 0.2) is 0 Å². The molecule has 4 atom stereocenters. The van der Waals surface area contributed by atoms with Gasteiger partial charge in [-0.3, -0.25) is 9.59 Å². The van der Waals surface area contributed by atoms with E-state index in [0.29, 0.717) is 19.4 Å². The lowest BCUT2D eigenvalue weighted by atomic mass is 9.61. The fraction of sp³-hybridized carbons (Fsp3) is 0.895. The van der Waals surface area contributed by atoms with E-state index in [1.165, 1.54) is 7.11 Å². The van der Waals surface area contributed by atoms with Crippen molar-refractivity contribution < 1.29 is 23.5 Å². The summed E-state index contributed by atoms with van der Waals surface area (Å²) in [6, 6.07) is 0. The molecule has 25 heavy (non-hydrogen) atoms. The molecule has 2 aliphatic carbocycles. The number of rotatable bonds is 5. The predicted octanol–water partition coefficient (Wildman–Crippen LogP) is 3.57. The van der Waals surface area contributed by atoms with Crippen LogP contribution in [0.4, 0.5) is 0 Å². The van der Waals surface area contributed by atoms with E-state index in [1.807, 2.05) is 0 Å². The fourth-order valence-electron chi connectivity index (χ4n) is 4.35. The van der Waals surface area contributed by atoms with E-state index >= 15 is 0 Å². The highest BCUT2D eigenvalue weighted by Gasteiger charge is 2.65. The van der Waals surface area contributed by atoms with Crippen LogP contribution < -0.4 is 0 Å². The van der Waals surface area contributed by atoms with Gasteiger partial charge in [-0.25, -0.2) is 0 Å². The Kier molecular flexibility index (Phi) is 5.86. The maximum Gasteiger partial charge on any atom is 0.322 e. The molecule has 0 aromatic heterocycles. The second-order valence-corrected chi connectivity index (χ2v) is 13.9. The Morgan fingerprint density at radius 3 is 2.36 bits per heavy atom. The smallest absolute Gasteiger partial charge is 0.322 e. The summed E-state index contributed by atoms with van der Waals surface area (Å²) < 4.78 is 17.1. The summed E-state index contributed by atoms with van der Waals surface area (Å²) in [4.78, 5) is 25.5. The van der Waals surface area contributed by atoms with Crippen molar-refractivity contribution in [2.24, 2.45) is 17.3 Å². The first kappa shape index (κ1) is 20.6. The monoisotopic (exact) mass is 370 g/mol. The zero-order valence-electron chi connectivity index (χ0n) is 16.8. The van der Waals surface area contributed by atoms with Gasteiger partial charge in [0.25, 0.3) is 0 Å². The van der Waals surface area contributed by atoms with E-state index in [9.17, 15) is 9.59 Å². The lowest BCUT2D eigenvalue weighted by Crippen LogP contribution is -2.57. The van der Waals surface area contributed by atoms with Crippen LogP contribution in [-0.2, 0) is 23.5 Å². The second kappa shape index (κ2) is 7.12. The van der Waals surface area contributed by atoms with Crippen molar-refractivity contribution in [2.75, 3.05) is 20.8 Å². The van der Waals surface area contributed by atoms with Gasteiger partial charge in [0.05, 0.1) is 13.2 Å². The van der Waals surface area contributed by atoms with Crippen molar-refractivity contribution >= 4 is 20.1 Å². The normalized spacial score (nSPS) is 33.2. The molecule has 2 aliphatic rings. The van der Waals surface area contributed by atoms with Crippen LogP contribution in [0.3, 0.4) is 0 Å². The molecule has 2 rings (SSSR count). The summed E-state index contributed by atoms with van der Waals surface area (Å²) >= 11 is 0. The quantitative estimate of drug-likeness (QED) is 0.420. The molecular formula is C19H34O5Si. The SMILES string of the molecule is COC(=O)[C@@]12C(=O)CC[C@@H]1[C@H](CO[Si](C)(C)C(C)(C)C)CC[C@@H]2OC. The van der Waals surface area contributed by atoms with Gasteiger partial charge in [0, 0.05) is 20.1 Å². The number of fused-ring (bicyclic) bond motifs is 1. The van der Waals surface area contributed by atoms with Crippen molar-refractivity contribution in [3.63, 3.8) is 0 Å². The highest BCUT2D eigenvalue weighted by molar-refractivity contribution is 6.74. The molecule has 0 aromatic rings. The summed E-state index contributed by atoms with van der Waals surface area (Å²) in [5, 5.41) is 0.141. The Morgan fingerprint density at radius 1 is 1.20 bits per heavy atom. The minimum absolute atomic E-state index is 0.0202. The molecule has 2 saturated carbocycles. The van der Waals surface area contributed by atoms with Crippen molar-refractivity contribution in [1.82, 2.24) is 0 Å². The molecule has 5 nitrogen and oxygen atoms in total. The van der Waals surface area contributed by atoms with E-state index in [4.69, 9.17) is 13.9 Å². The van der Waals surface area contributed by atoms with Crippen molar-refractivity contribution in [3.05, 3.63) is 0 Å². The van der Waals surface area contributed by atoms with Crippen LogP contribution in [0.1, 0.15) is 46.5 Å². The van der Waals surface area contributed by atoms with Gasteiger partial charge >= 0.3 is 5.97 Å². The van der Waals surface area contributed by atoms with Crippen molar-refractivity contribution in [1.29, 1.82) is 0 Å². The van der Waals surface area contributed by atoms with Crippen LogP contribution in [0.2, 0.25) is 18.1 Å². The van der Waals surface area contributed by atoms with Gasteiger partial charge in [-0.15, -0.1) is 0 Å². The van der Waals surface area contributed by atoms with Crippen LogP contribution in [0.25, 0.3) is 0 Å². The molecule has 2 fully saturated rings. The molecule has 144 valence electrons. The van der Waals surface area contributed by atoms with Gasteiger partial charge in [-0.05, 0) is 49.2 Å². The number of ether oxygens (including phenoxy) is 2. The summed E-state index contributed by atoms with van der Waals surface area (Å²) in [6.45, 7) is 11.8. The van der Waals surface area contributed by atoms with E-state index in [-0.39, 0.29) is 28.8 Å². The van der Waals surface area contributed by atoms with Gasteiger partial charge in [0.15, 0.2) is 19.5 Å². The van der Waals surface area contributed by atoms with Gasteiger partial charge in [0.1, 0.15) is 0 Å². The summed E-state index contributed by atoms with van der Waals surface area (Å²) in [6.07, 6.45) is 2.38. The predicted molar refractivity (Wildman–Crippen MR) is 98.9 cm³/mol. The minimum atomic E-state index is -1.87. The minimum Gasteiger partial charge on any atom is -0.468 e. The number of esters is 1. The number of hydrogen-bond acceptors (Lipinski definition) is 5. The first-order chi connectivity index (χ1) is 11.5. The highest BCUT2D eigenvalue weighted by Crippen LogP contribution is 2.54. The number of carbonyl (C=O) groups excluding carboxylic acids is 2. The van der Waals surface area contributed by atoms with Crippen LogP contribution >= 0.6 is 0 Å². The molecule has 0 unspecified atom stereocenters. The van der Waals surface area contributed by atoms with Crippen LogP contribution in [0, 0.1) is 17.3 Å². The van der Waals surface area contributed by atoms with Gasteiger partial charge < -0.3 is 13.9 Å². The number of hydrogen-bond donors (Lipinski definition) is 0. The molecule has 0 bridgehead atoms. The average Bonchev–Trinajstić information content (AvgIpc) is 2.89. The summed E-state index contributed by atoms with van der Waals surface area (Å²) in [5.74, 6) is -0.293. The molecule has 0 amide bonds. The Bertz CT molecular complexity index is 524. The highest BCUT2D eigenvalue weighted by atomic mass is 28.4. The number of Topliss-reactive ketones (excluding diaryl/α,β-unsaturated/α-hetero) is 1. The maximum absolute atomic E-state index is 12.8. The lowest BCUT2D eigenvalue weighted by molar-refractivity contribution is -0.178. The molecule has 0 N–H and O–H groups in total. The zero-order valence-corrected chi connectivity index (χ0v) is 17.8. The van der Waals surface area contributed by atoms with Crippen LogP contribution in [-0.4, -0.2) is 47.0 Å². The molecule has 0 aliphatic heterocycles. The van der Waals surface area contributed by atoms with Gasteiger partial charge in [0.2, 0.25) is 0 Å². The van der Waals surface area contributed by atoms with E-state index < -0.39 is 19.7 Å². The summed E-state index contributed by atoms with van der Waals surface area (Å²) in [5.41, 5.74) is -1.14. The Morgan fingerprint density at radius 2 is 1.84 bits per heavy atom. The third-order valence-corrected chi connectivity index (χ3v) is 11.4. The Balaban J connectivity index is 2.26. The lowest BCUT2D eigenvalue weighted by Gasteiger charge is -2.46. The van der Waals surface area contributed by atoms with E-state index in [1.54, 1.807) is 7.11 Å². The van der Waals surface area contributed by atoms with Crippen molar-refractivity contribution in [2.45, 2.75) is 70.7 Å². The van der Waals surface area contributed by atoms with Gasteiger partial charge in [-0.1, -0.05) is 20.8 Å². The third-order valence-electron chi connectivity index (χ3n) is 6.88. The van der Waals surface area contributed by atoms with Crippen LogP contribution in [0.5, 0.6) is 0 Å². The molecule has 0 saturated heterocycles. The standard InChI is InChI=1S/C19H34O5Si/c1-18(2,3)25(6,7)24-12-13-8-11-16(22-4)19(17(21)23-5)14(13)9-10-15(19)20/h13-14,16H,8-12H2,1-7H3/t13-,14+,16-,19+/m0/s1.